The lowest BCUT2D eigenvalue weighted by molar-refractivity contribution is 0.395. The van der Waals surface area contributed by atoms with E-state index in [0.717, 1.165) is 12.0 Å². The van der Waals surface area contributed by atoms with Crippen LogP contribution in [-0.2, 0) is 21.2 Å². The van der Waals surface area contributed by atoms with Crippen LogP contribution in [0.2, 0.25) is 0 Å². The lowest BCUT2D eigenvalue weighted by Crippen LogP contribution is -2.36. The molecule has 1 unspecified atom stereocenters. The third kappa shape index (κ3) is 3.47. The Labute approximate surface area is 112 Å². The van der Waals surface area contributed by atoms with Gasteiger partial charge in [-0.2, -0.15) is 9.30 Å². The van der Waals surface area contributed by atoms with E-state index in [1.807, 2.05) is 0 Å². The fraction of sp³-hybridized carbons (Fsp3) is 0.500. The number of isocyanates is 1. The molecular formula is C12H15N3O3S. The molecule has 0 N–H and O–H groups in total. The minimum atomic E-state index is -3.39. The fourth-order valence-electron chi connectivity index (χ4n) is 2.15. The van der Waals surface area contributed by atoms with Crippen molar-refractivity contribution < 1.29 is 13.2 Å². The maximum Gasteiger partial charge on any atom is 0.236 e. The summed E-state index contributed by atoms with van der Waals surface area (Å²) in [5, 5.41) is 0. The predicted octanol–water partition coefficient (Wildman–Crippen LogP) is 0.712. The van der Waals surface area contributed by atoms with Crippen molar-refractivity contribution in [3.63, 3.8) is 0 Å². The number of hydrogen-bond acceptors (Lipinski definition) is 5. The molecule has 0 bridgehead atoms. The smallest absolute Gasteiger partial charge is 0.236 e. The van der Waals surface area contributed by atoms with E-state index in [-0.39, 0.29) is 5.75 Å². The number of nitrogens with zero attached hydrogens (tertiary/aromatic N) is 3. The highest BCUT2D eigenvalue weighted by Gasteiger charge is 2.33. The van der Waals surface area contributed by atoms with Crippen LogP contribution in [0.15, 0.2) is 29.5 Å². The number of sulfonamides is 1. The number of aliphatic imine (C=N–C) groups is 1. The Morgan fingerprint density at radius 1 is 1.42 bits per heavy atom. The van der Waals surface area contributed by atoms with E-state index in [0.29, 0.717) is 19.4 Å². The first-order valence-corrected chi connectivity index (χ1v) is 7.70. The van der Waals surface area contributed by atoms with Crippen LogP contribution in [-0.4, -0.2) is 42.3 Å². The zero-order valence-corrected chi connectivity index (χ0v) is 11.2. The average Bonchev–Trinajstić information content (AvgIpc) is 2.87. The lowest BCUT2D eigenvalue weighted by Gasteiger charge is -2.19. The molecule has 1 saturated heterocycles. The SMILES string of the molecule is O=C=NC1CCCN1S(=O)(=O)CCc1ccncc1. The van der Waals surface area contributed by atoms with Crippen LogP contribution in [0.25, 0.3) is 0 Å². The van der Waals surface area contributed by atoms with E-state index in [1.54, 1.807) is 24.5 Å². The number of aromatic nitrogens is 1. The van der Waals surface area contributed by atoms with Gasteiger partial charge < -0.3 is 0 Å². The van der Waals surface area contributed by atoms with Crippen molar-refractivity contribution >= 4 is 16.1 Å². The summed E-state index contributed by atoms with van der Waals surface area (Å²) in [6.45, 7) is 0.425. The highest BCUT2D eigenvalue weighted by molar-refractivity contribution is 7.89. The standard InChI is InChI=1S/C12H15N3O3S/c16-10-14-12-2-1-8-15(12)19(17,18)9-5-11-3-6-13-7-4-11/h3-4,6-7,12H,1-2,5,8-9H2. The molecule has 1 atom stereocenters. The van der Waals surface area contributed by atoms with Crippen molar-refractivity contribution in [2.45, 2.75) is 25.4 Å². The van der Waals surface area contributed by atoms with Gasteiger partial charge in [0.25, 0.3) is 0 Å². The number of rotatable bonds is 5. The summed E-state index contributed by atoms with van der Waals surface area (Å²) in [4.78, 5) is 17.7. The van der Waals surface area contributed by atoms with Gasteiger partial charge in [-0.1, -0.05) is 0 Å². The van der Waals surface area contributed by atoms with Crippen LogP contribution in [0.4, 0.5) is 0 Å². The van der Waals surface area contributed by atoms with Crippen LogP contribution in [0.5, 0.6) is 0 Å². The molecule has 6 nitrogen and oxygen atoms in total. The first kappa shape index (κ1) is 13.9. The Kier molecular flexibility index (Phi) is 4.42. The molecular weight excluding hydrogens is 266 g/mol. The molecule has 0 amide bonds. The highest BCUT2D eigenvalue weighted by Crippen LogP contribution is 2.22. The molecule has 7 heteroatoms. The molecule has 0 radical (unpaired) electrons. The molecule has 2 heterocycles. The van der Waals surface area contributed by atoms with E-state index in [2.05, 4.69) is 9.98 Å². The number of aryl methyl sites for hydroxylation is 1. The Hall–Kier alpha value is -1.56. The van der Waals surface area contributed by atoms with Gasteiger partial charge in [0.15, 0.2) is 0 Å². The summed E-state index contributed by atoms with van der Waals surface area (Å²) in [5.41, 5.74) is 0.924. The maximum atomic E-state index is 12.2. The van der Waals surface area contributed by atoms with Gasteiger partial charge in [-0.05, 0) is 37.0 Å². The summed E-state index contributed by atoms with van der Waals surface area (Å²) in [5.74, 6) is 0.0158. The van der Waals surface area contributed by atoms with Gasteiger partial charge in [0, 0.05) is 18.9 Å². The van der Waals surface area contributed by atoms with Crippen molar-refractivity contribution in [1.29, 1.82) is 0 Å². The van der Waals surface area contributed by atoms with Gasteiger partial charge in [0.1, 0.15) is 6.17 Å². The van der Waals surface area contributed by atoms with E-state index in [1.165, 1.54) is 10.4 Å². The summed E-state index contributed by atoms with van der Waals surface area (Å²) >= 11 is 0. The van der Waals surface area contributed by atoms with Crippen LogP contribution < -0.4 is 0 Å². The molecule has 1 aromatic rings. The number of hydrogen-bond donors (Lipinski definition) is 0. The summed E-state index contributed by atoms with van der Waals surface area (Å²) in [6.07, 6.45) is 5.89. The lowest BCUT2D eigenvalue weighted by atomic mass is 10.2. The first-order chi connectivity index (χ1) is 9.13. The van der Waals surface area contributed by atoms with Crippen molar-refractivity contribution in [3.05, 3.63) is 30.1 Å². The van der Waals surface area contributed by atoms with Gasteiger partial charge in [0.05, 0.1) is 5.75 Å². The first-order valence-electron chi connectivity index (χ1n) is 6.09. The summed E-state index contributed by atoms with van der Waals surface area (Å²) in [6, 6.07) is 3.58. The quantitative estimate of drug-likeness (QED) is 0.588. The molecule has 1 fully saturated rings. The molecule has 102 valence electrons. The zero-order valence-electron chi connectivity index (χ0n) is 10.4. The number of pyridine rings is 1. The van der Waals surface area contributed by atoms with E-state index in [9.17, 15) is 13.2 Å². The third-order valence-corrected chi connectivity index (χ3v) is 4.99. The second-order valence-electron chi connectivity index (χ2n) is 4.38. The van der Waals surface area contributed by atoms with Crippen molar-refractivity contribution in [3.8, 4) is 0 Å². The molecule has 19 heavy (non-hydrogen) atoms. The van der Waals surface area contributed by atoms with Gasteiger partial charge in [0.2, 0.25) is 16.1 Å². The third-order valence-electron chi connectivity index (χ3n) is 3.13. The average molecular weight is 281 g/mol. The largest absolute Gasteiger partial charge is 0.265 e. The van der Waals surface area contributed by atoms with Crippen molar-refractivity contribution in [2.24, 2.45) is 4.99 Å². The molecule has 2 rings (SSSR count). The fourth-order valence-corrected chi connectivity index (χ4v) is 3.81. The molecule has 0 aliphatic carbocycles. The van der Waals surface area contributed by atoms with E-state index in [4.69, 9.17) is 0 Å². The molecule has 1 aromatic heterocycles. The maximum absolute atomic E-state index is 12.2. The van der Waals surface area contributed by atoms with E-state index >= 15 is 0 Å². The molecule has 1 aliphatic heterocycles. The van der Waals surface area contributed by atoms with Crippen molar-refractivity contribution in [1.82, 2.24) is 9.29 Å². The van der Waals surface area contributed by atoms with Crippen LogP contribution in [0, 0.1) is 0 Å². The monoisotopic (exact) mass is 281 g/mol. The van der Waals surface area contributed by atoms with Gasteiger partial charge in [-0.15, -0.1) is 0 Å². The molecule has 0 saturated carbocycles. The van der Waals surface area contributed by atoms with E-state index < -0.39 is 16.2 Å². The molecule has 0 aromatic carbocycles. The Bertz CT molecular complexity index is 567. The predicted molar refractivity (Wildman–Crippen MR) is 69.6 cm³/mol. The Morgan fingerprint density at radius 2 is 2.16 bits per heavy atom. The summed E-state index contributed by atoms with van der Waals surface area (Å²) < 4.78 is 25.7. The highest BCUT2D eigenvalue weighted by atomic mass is 32.2. The van der Waals surface area contributed by atoms with Gasteiger partial charge in [-0.3, -0.25) is 4.98 Å². The van der Waals surface area contributed by atoms with Crippen LogP contribution in [0.1, 0.15) is 18.4 Å². The normalized spacial score (nSPS) is 20.1. The molecule has 1 aliphatic rings. The topological polar surface area (TPSA) is 79.7 Å². The van der Waals surface area contributed by atoms with Crippen LogP contribution >= 0.6 is 0 Å². The summed E-state index contributed by atoms with van der Waals surface area (Å²) in [7, 11) is -3.39. The second-order valence-corrected chi connectivity index (χ2v) is 6.42. The Morgan fingerprint density at radius 3 is 2.84 bits per heavy atom. The van der Waals surface area contributed by atoms with Crippen molar-refractivity contribution in [2.75, 3.05) is 12.3 Å². The minimum Gasteiger partial charge on any atom is -0.265 e. The Balaban J connectivity index is 2.04. The molecule has 0 spiro atoms. The second kappa shape index (κ2) is 6.06. The number of carbonyl (C=O) groups excluding carboxylic acids is 1. The zero-order chi connectivity index (χ0) is 13.7. The van der Waals surface area contributed by atoms with Gasteiger partial charge in [-0.25, -0.2) is 13.2 Å². The van der Waals surface area contributed by atoms with Crippen LogP contribution in [0.3, 0.4) is 0 Å². The minimum absolute atomic E-state index is 0.0158. The van der Waals surface area contributed by atoms with Gasteiger partial charge >= 0.3 is 0 Å².